The first-order valence-corrected chi connectivity index (χ1v) is 5.40. The number of hydrogen-bond acceptors (Lipinski definition) is 2. The molecule has 5 heteroatoms. The Balaban J connectivity index is 2.22. The van der Waals surface area contributed by atoms with E-state index in [1.807, 2.05) is 6.92 Å². The van der Waals surface area contributed by atoms with Gasteiger partial charge in [0.05, 0.1) is 11.4 Å². The summed E-state index contributed by atoms with van der Waals surface area (Å²) in [6.45, 7) is 1.83. The lowest BCUT2D eigenvalue weighted by Crippen LogP contribution is -1.88. The Morgan fingerprint density at radius 2 is 1.83 bits per heavy atom. The zero-order chi connectivity index (χ0) is 12.7. The number of benzene rings is 1. The highest BCUT2D eigenvalue weighted by atomic mass is 19.1. The molecule has 0 unspecified atom stereocenters. The summed E-state index contributed by atoms with van der Waals surface area (Å²) >= 11 is 0. The lowest BCUT2D eigenvalue weighted by Gasteiger charge is -1.97. The molecule has 0 fully saturated rings. The molecular weight excluding hydrogens is 236 g/mol. The molecule has 3 aromatic rings. The normalized spacial score (nSPS) is 11.1. The molecule has 0 saturated heterocycles. The predicted molar refractivity (Wildman–Crippen MR) is 63.1 cm³/mol. The van der Waals surface area contributed by atoms with E-state index in [0.717, 1.165) is 11.8 Å². The molecule has 3 nitrogen and oxygen atoms in total. The van der Waals surface area contributed by atoms with Gasteiger partial charge in [0, 0.05) is 30.2 Å². The van der Waals surface area contributed by atoms with E-state index in [2.05, 4.69) is 9.97 Å². The zero-order valence-corrected chi connectivity index (χ0v) is 9.56. The molecule has 0 amide bonds. The minimum absolute atomic E-state index is 0.413. The van der Waals surface area contributed by atoms with Crippen LogP contribution in [0.5, 0.6) is 0 Å². The summed E-state index contributed by atoms with van der Waals surface area (Å²) in [4.78, 5) is 8.45. The molecule has 0 aliphatic rings. The predicted octanol–water partition coefficient (Wildman–Crippen LogP) is 2.98. The van der Waals surface area contributed by atoms with Crippen LogP contribution in [0, 0.1) is 18.6 Å². The van der Waals surface area contributed by atoms with Gasteiger partial charge in [0.25, 0.3) is 0 Å². The summed E-state index contributed by atoms with van der Waals surface area (Å²) in [7, 11) is 0. The highest BCUT2D eigenvalue weighted by Crippen LogP contribution is 2.21. The molecule has 0 aliphatic heterocycles. The van der Waals surface area contributed by atoms with Crippen molar-refractivity contribution in [3.8, 4) is 11.3 Å². The Bertz CT molecular complexity index is 714. The third-order valence-corrected chi connectivity index (χ3v) is 2.71. The van der Waals surface area contributed by atoms with Crippen molar-refractivity contribution in [1.29, 1.82) is 0 Å². The number of aryl methyl sites for hydroxylation is 1. The fourth-order valence-corrected chi connectivity index (χ4v) is 1.89. The molecule has 0 aliphatic carbocycles. The summed E-state index contributed by atoms with van der Waals surface area (Å²) < 4.78 is 28.1. The van der Waals surface area contributed by atoms with Gasteiger partial charge in [0.15, 0.2) is 5.65 Å². The molecule has 1 aromatic carbocycles. The maximum atomic E-state index is 13.2. The van der Waals surface area contributed by atoms with E-state index in [1.54, 1.807) is 23.0 Å². The highest BCUT2D eigenvalue weighted by Gasteiger charge is 2.09. The Hall–Kier alpha value is -2.30. The van der Waals surface area contributed by atoms with Crippen LogP contribution < -0.4 is 0 Å². The average molecular weight is 245 g/mol. The first-order valence-electron chi connectivity index (χ1n) is 5.40. The first kappa shape index (κ1) is 10.8. The Kier molecular flexibility index (Phi) is 2.33. The van der Waals surface area contributed by atoms with Crippen LogP contribution in [0.15, 0.2) is 36.8 Å². The van der Waals surface area contributed by atoms with Gasteiger partial charge in [-0.25, -0.2) is 13.8 Å². The van der Waals surface area contributed by atoms with Crippen molar-refractivity contribution in [2.75, 3.05) is 0 Å². The maximum Gasteiger partial charge on any atom is 0.158 e. The van der Waals surface area contributed by atoms with E-state index in [1.165, 1.54) is 12.1 Å². The summed E-state index contributed by atoms with van der Waals surface area (Å²) in [5, 5.41) is 0. The monoisotopic (exact) mass is 245 g/mol. The number of imidazole rings is 1. The second-order valence-electron chi connectivity index (χ2n) is 4.03. The van der Waals surface area contributed by atoms with Crippen molar-refractivity contribution >= 4 is 5.65 Å². The molecule has 18 heavy (non-hydrogen) atoms. The Labute approximate surface area is 102 Å². The van der Waals surface area contributed by atoms with Gasteiger partial charge >= 0.3 is 0 Å². The van der Waals surface area contributed by atoms with Gasteiger partial charge in [-0.1, -0.05) is 0 Å². The summed E-state index contributed by atoms with van der Waals surface area (Å²) in [5.41, 5.74) is 2.37. The van der Waals surface area contributed by atoms with Crippen LogP contribution in [-0.4, -0.2) is 14.4 Å². The third kappa shape index (κ3) is 1.73. The number of halogens is 2. The SMILES string of the molecule is Cc1nccn2cc(-c3cc(F)cc(F)c3)nc12. The van der Waals surface area contributed by atoms with Crippen LogP contribution in [0.3, 0.4) is 0 Å². The van der Waals surface area contributed by atoms with Crippen LogP contribution in [0.4, 0.5) is 8.78 Å². The summed E-state index contributed by atoms with van der Waals surface area (Å²) in [5.74, 6) is -1.23. The van der Waals surface area contributed by atoms with Crippen LogP contribution >= 0.6 is 0 Å². The molecule has 2 heterocycles. The molecule has 0 bridgehead atoms. The average Bonchev–Trinajstić information content (AvgIpc) is 2.73. The molecular formula is C13H9F2N3. The van der Waals surface area contributed by atoms with Crippen LogP contribution in [0.25, 0.3) is 16.9 Å². The smallest absolute Gasteiger partial charge is 0.158 e. The van der Waals surface area contributed by atoms with Crippen molar-refractivity contribution in [1.82, 2.24) is 14.4 Å². The highest BCUT2D eigenvalue weighted by molar-refractivity contribution is 5.63. The second kappa shape index (κ2) is 3.87. The molecule has 3 rings (SSSR count). The van der Waals surface area contributed by atoms with Gasteiger partial charge in [-0.15, -0.1) is 0 Å². The quantitative estimate of drug-likeness (QED) is 0.659. The van der Waals surface area contributed by atoms with Crippen LogP contribution in [0.2, 0.25) is 0 Å². The summed E-state index contributed by atoms with van der Waals surface area (Å²) in [6.07, 6.45) is 5.12. The zero-order valence-electron chi connectivity index (χ0n) is 9.56. The number of aromatic nitrogens is 3. The van der Waals surface area contributed by atoms with Gasteiger partial charge in [0.1, 0.15) is 11.6 Å². The lowest BCUT2D eigenvalue weighted by molar-refractivity contribution is 0.584. The van der Waals surface area contributed by atoms with Crippen molar-refractivity contribution < 1.29 is 8.78 Å². The van der Waals surface area contributed by atoms with E-state index in [9.17, 15) is 8.78 Å². The largest absolute Gasteiger partial charge is 0.303 e. The van der Waals surface area contributed by atoms with Crippen molar-refractivity contribution in [2.45, 2.75) is 6.92 Å². The topological polar surface area (TPSA) is 30.2 Å². The first-order chi connectivity index (χ1) is 8.63. The number of nitrogens with zero attached hydrogens (tertiary/aromatic N) is 3. The minimum atomic E-state index is -0.614. The number of hydrogen-bond donors (Lipinski definition) is 0. The van der Waals surface area contributed by atoms with Crippen LogP contribution in [0.1, 0.15) is 5.69 Å². The van der Waals surface area contributed by atoms with E-state index in [-0.39, 0.29) is 0 Å². The van der Waals surface area contributed by atoms with Gasteiger partial charge in [-0.3, -0.25) is 4.98 Å². The third-order valence-electron chi connectivity index (χ3n) is 2.71. The Morgan fingerprint density at radius 3 is 2.50 bits per heavy atom. The summed E-state index contributed by atoms with van der Waals surface area (Å²) in [6, 6.07) is 3.35. The maximum absolute atomic E-state index is 13.2. The van der Waals surface area contributed by atoms with Crippen molar-refractivity contribution in [2.24, 2.45) is 0 Å². The van der Waals surface area contributed by atoms with Gasteiger partial charge in [0.2, 0.25) is 0 Å². The number of fused-ring (bicyclic) bond motifs is 1. The van der Waals surface area contributed by atoms with Gasteiger partial charge in [-0.2, -0.15) is 0 Å². The molecule has 0 spiro atoms. The van der Waals surface area contributed by atoms with Gasteiger partial charge < -0.3 is 4.40 Å². The fraction of sp³-hybridized carbons (Fsp3) is 0.0769. The second-order valence-corrected chi connectivity index (χ2v) is 4.03. The molecule has 0 saturated carbocycles. The molecule has 0 N–H and O–H groups in total. The van der Waals surface area contributed by atoms with E-state index in [4.69, 9.17) is 0 Å². The Morgan fingerprint density at radius 1 is 1.11 bits per heavy atom. The van der Waals surface area contributed by atoms with Crippen molar-refractivity contribution in [3.05, 3.63) is 54.1 Å². The van der Waals surface area contributed by atoms with Crippen molar-refractivity contribution in [3.63, 3.8) is 0 Å². The van der Waals surface area contributed by atoms with Gasteiger partial charge in [-0.05, 0) is 19.1 Å². The number of rotatable bonds is 1. The van der Waals surface area contributed by atoms with E-state index in [0.29, 0.717) is 16.9 Å². The molecule has 2 aromatic heterocycles. The molecule has 0 radical (unpaired) electrons. The molecule has 90 valence electrons. The fourth-order valence-electron chi connectivity index (χ4n) is 1.89. The van der Waals surface area contributed by atoms with E-state index >= 15 is 0 Å². The van der Waals surface area contributed by atoms with Crippen LogP contribution in [-0.2, 0) is 0 Å². The standard InChI is InChI=1S/C13H9F2N3/c1-8-13-17-12(7-18(13)3-2-16-8)9-4-10(14)6-11(15)5-9/h2-7H,1H3. The van der Waals surface area contributed by atoms with E-state index < -0.39 is 11.6 Å². The lowest BCUT2D eigenvalue weighted by atomic mass is 10.1. The molecule has 0 atom stereocenters. The minimum Gasteiger partial charge on any atom is -0.303 e.